The molecule has 11 heteroatoms. The van der Waals surface area contributed by atoms with E-state index in [1.165, 1.54) is 4.90 Å². The van der Waals surface area contributed by atoms with Crippen molar-refractivity contribution in [2.75, 3.05) is 13.6 Å². The van der Waals surface area contributed by atoms with Crippen molar-refractivity contribution < 1.29 is 26.9 Å². The largest absolute Gasteiger partial charge is 0.346 e. The minimum atomic E-state index is -4.48. The van der Waals surface area contributed by atoms with Crippen LogP contribution < -0.4 is 4.72 Å². The summed E-state index contributed by atoms with van der Waals surface area (Å²) in [7, 11) is -2.92. The summed E-state index contributed by atoms with van der Waals surface area (Å²) in [5, 5.41) is 10.9. The topological polar surface area (TPSA) is 110 Å². The van der Waals surface area contributed by atoms with Gasteiger partial charge < -0.3 is 4.90 Å². The first kappa shape index (κ1) is 17.2. The molecule has 0 aliphatic carbocycles. The number of sulfonamides is 1. The standard InChI is InChI=1S/C12H13F2N3O5S/c1-16-3-2-7(4-12(16)18)15-23(21,22)11-6-9(14)8(13)5-10(11)17(19)20/h5-7,15H,2-4H2,1H3. The van der Waals surface area contributed by atoms with Crippen LogP contribution in [0.25, 0.3) is 0 Å². The lowest BCUT2D eigenvalue weighted by molar-refractivity contribution is -0.388. The Morgan fingerprint density at radius 3 is 2.52 bits per heavy atom. The maximum atomic E-state index is 13.3. The number of carbonyl (C=O) groups is 1. The van der Waals surface area contributed by atoms with Crippen molar-refractivity contribution in [3.8, 4) is 0 Å². The molecule has 1 saturated heterocycles. The molecule has 1 amide bonds. The molecule has 2 rings (SSSR count). The number of piperidine rings is 1. The zero-order valence-electron chi connectivity index (χ0n) is 12.0. The number of nitrogens with zero attached hydrogens (tertiary/aromatic N) is 2. The van der Waals surface area contributed by atoms with E-state index in [0.717, 1.165) is 0 Å². The Morgan fingerprint density at radius 1 is 1.35 bits per heavy atom. The summed E-state index contributed by atoms with van der Waals surface area (Å²) >= 11 is 0. The van der Waals surface area contributed by atoms with Gasteiger partial charge in [0, 0.05) is 32.1 Å². The van der Waals surface area contributed by atoms with E-state index in [1.807, 2.05) is 0 Å². The molecule has 1 atom stereocenters. The number of carbonyl (C=O) groups excluding carboxylic acids is 1. The van der Waals surface area contributed by atoms with E-state index >= 15 is 0 Å². The molecule has 1 fully saturated rings. The summed E-state index contributed by atoms with van der Waals surface area (Å²) in [4.78, 5) is 21.8. The first-order valence-electron chi connectivity index (χ1n) is 6.51. The first-order valence-corrected chi connectivity index (χ1v) is 8.00. The maximum Gasteiger partial charge on any atom is 0.292 e. The van der Waals surface area contributed by atoms with Crippen LogP contribution in [0.5, 0.6) is 0 Å². The molecule has 1 aromatic rings. The Morgan fingerprint density at radius 2 is 1.96 bits per heavy atom. The van der Waals surface area contributed by atoms with Gasteiger partial charge in [-0.05, 0) is 6.42 Å². The van der Waals surface area contributed by atoms with E-state index < -0.39 is 43.2 Å². The zero-order chi connectivity index (χ0) is 17.4. The number of hydrogen-bond donors (Lipinski definition) is 1. The fourth-order valence-corrected chi connectivity index (χ4v) is 3.64. The third-order valence-electron chi connectivity index (χ3n) is 3.47. The third kappa shape index (κ3) is 3.62. The number of benzene rings is 1. The number of nitro groups is 1. The molecule has 8 nitrogen and oxygen atoms in total. The fraction of sp³-hybridized carbons (Fsp3) is 0.417. The van der Waals surface area contributed by atoms with Crippen molar-refractivity contribution in [2.24, 2.45) is 0 Å². The van der Waals surface area contributed by atoms with E-state index in [4.69, 9.17) is 0 Å². The molecular formula is C12H13F2N3O5S. The molecule has 1 aliphatic rings. The molecule has 0 spiro atoms. The van der Waals surface area contributed by atoms with Crippen LogP contribution in [0.2, 0.25) is 0 Å². The lowest BCUT2D eigenvalue weighted by Gasteiger charge is -2.28. The zero-order valence-corrected chi connectivity index (χ0v) is 12.8. The van der Waals surface area contributed by atoms with Gasteiger partial charge in [-0.15, -0.1) is 0 Å². The van der Waals surface area contributed by atoms with E-state index in [-0.39, 0.29) is 24.5 Å². The molecule has 1 N–H and O–H groups in total. The van der Waals surface area contributed by atoms with Crippen LogP contribution in [-0.2, 0) is 14.8 Å². The van der Waals surface area contributed by atoms with Gasteiger partial charge in [0.15, 0.2) is 16.5 Å². The normalized spacial score (nSPS) is 19.0. The SMILES string of the molecule is CN1CCC(NS(=O)(=O)c2cc(F)c(F)cc2[N+](=O)[O-])CC1=O. The molecule has 23 heavy (non-hydrogen) atoms. The summed E-state index contributed by atoms with van der Waals surface area (Å²) < 4.78 is 53.0. The second-order valence-corrected chi connectivity index (χ2v) is 6.80. The molecular weight excluding hydrogens is 336 g/mol. The van der Waals surface area contributed by atoms with Crippen molar-refractivity contribution in [2.45, 2.75) is 23.8 Å². The second-order valence-electron chi connectivity index (χ2n) is 5.12. The molecule has 0 bridgehead atoms. The maximum absolute atomic E-state index is 13.3. The molecule has 1 aromatic carbocycles. The van der Waals surface area contributed by atoms with Crippen LogP contribution in [-0.4, -0.2) is 43.8 Å². The van der Waals surface area contributed by atoms with E-state index in [9.17, 15) is 32.1 Å². The van der Waals surface area contributed by atoms with Crippen molar-refractivity contribution in [1.82, 2.24) is 9.62 Å². The van der Waals surface area contributed by atoms with Gasteiger partial charge in [-0.1, -0.05) is 0 Å². The number of hydrogen-bond acceptors (Lipinski definition) is 5. The van der Waals surface area contributed by atoms with Crippen LogP contribution in [0.3, 0.4) is 0 Å². The van der Waals surface area contributed by atoms with Gasteiger partial charge in [0.25, 0.3) is 5.69 Å². The third-order valence-corrected chi connectivity index (χ3v) is 5.02. The number of halogens is 2. The molecule has 0 saturated carbocycles. The van der Waals surface area contributed by atoms with Crippen molar-refractivity contribution in [3.05, 3.63) is 33.9 Å². The molecule has 1 aliphatic heterocycles. The highest BCUT2D eigenvalue weighted by molar-refractivity contribution is 7.89. The number of nitro benzene ring substituents is 1. The Bertz CT molecular complexity index is 768. The predicted molar refractivity (Wildman–Crippen MR) is 74.0 cm³/mol. The highest BCUT2D eigenvalue weighted by Crippen LogP contribution is 2.27. The lowest BCUT2D eigenvalue weighted by atomic mass is 10.1. The summed E-state index contributed by atoms with van der Waals surface area (Å²) in [5.74, 6) is -3.33. The van der Waals surface area contributed by atoms with Gasteiger partial charge in [0.1, 0.15) is 0 Å². The van der Waals surface area contributed by atoms with Crippen LogP contribution in [0, 0.1) is 21.7 Å². The monoisotopic (exact) mass is 349 g/mol. The minimum Gasteiger partial charge on any atom is -0.346 e. The van der Waals surface area contributed by atoms with Crippen LogP contribution in [0.1, 0.15) is 12.8 Å². The second kappa shape index (κ2) is 6.16. The number of amides is 1. The van der Waals surface area contributed by atoms with Gasteiger partial charge in [-0.3, -0.25) is 14.9 Å². The van der Waals surface area contributed by atoms with Crippen molar-refractivity contribution >= 4 is 21.6 Å². The highest BCUT2D eigenvalue weighted by atomic mass is 32.2. The average molecular weight is 349 g/mol. The number of nitrogens with one attached hydrogen (secondary N) is 1. The first-order chi connectivity index (χ1) is 10.6. The van der Waals surface area contributed by atoms with Crippen LogP contribution in [0.15, 0.2) is 17.0 Å². The molecule has 1 heterocycles. The van der Waals surface area contributed by atoms with Crippen molar-refractivity contribution in [1.29, 1.82) is 0 Å². The predicted octanol–water partition coefficient (Wildman–Crippen LogP) is 0.772. The fourth-order valence-electron chi connectivity index (χ4n) is 2.20. The lowest BCUT2D eigenvalue weighted by Crippen LogP contribution is -2.46. The van der Waals surface area contributed by atoms with E-state index in [1.54, 1.807) is 7.05 Å². The Balaban J connectivity index is 2.35. The van der Waals surface area contributed by atoms with Gasteiger partial charge in [0.2, 0.25) is 15.9 Å². The van der Waals surface area contributed by atoms with Crippen LogP contribution in [0.4, 0.5) is 14.5 Å². The Labute approximate surface area is 130 Å². The molecule has 1 unspecified atom stereocenters. The van der Waals surface area contributed by atoms with Gasteiger partial charge >= 0.3 is 0 Å². The minimum absolute atomic E-state index is 0.118. The Hall–Kier alpha value is -2.14. The quantitative estimate of drug-likeness (QED) is 0.638. The summed E-state index contributed by atoms with van der Waals surface area (Å²) in [6, 6.07) is -0.299. The highest BCUT2D eigenvalue weighted by Gasteiger charge is 2.33. The summed E-state index contributed by atoms with van der Waals surface area (Å²) in [5.41, 5.74) is -1.07. The van der Waals surface area contributed by atoms with Gasteiger partial charge in [-0.25, -0.2) is 21.9 Å². The smallest absolute Gasteiger partial charge is 0.292 e. The summed E-state index contributed by atoms with van der Waals surface area (Å²) in [6.45, 7) is 0.311. The summed E-state index contributed by atoms with van der Waals surface area (Å²) in [6.07, 6.45) is 0.187. The number of rotatable bonds is 4. The van der Waals surface area contributed by atoms with Gasteiger partial charge in [-0.2, -0.15) is 0 Å². The molecule has 0 aromatic heterocycles. The van der Waals surface area contributed by atoms with E-state index in [0.29, 0.717) is 13.0 Å². The number of likely N-dealkylation sites (tertiary alicyclic amines) is 1. The van der Waals surface area contributed by atoms with Crippen LogP contribution >= 0.6 is 0 Å². The average Bonchev–Trinajstić information content (AvgIpc) is 2.44. The Kier molecular flexibility index (Phi) is 4.61. The molecule has 126 valence electrons. The van der Waals surface area contributed by atoms with E-state index in [2.05, 4.69) is 4.72 Å². The molecule has 0 radical (unpaired) electrons. The van der Waals surface area contributed by atoms with Gasteiger partial charge in [0.05, 0.1) is 11.0 Å². The van der Waals surface area contributed by atoms with Crippen molar-refractivity contribution in [3.63, 3.8) is 0 Å².